The molecule has 8 heteroatoms. The third kappa shape index (κ3) is 5.81. The Morgan fingerprint density at radius 3 is 2.29 bits per heavy atom. The molecule has 0 radical (unpaired) electrons. The minimum Gasteiger partial charge on any atom is -0.507 e. The summed E-state index contributed by atoms with van der Waals surface area (Å²) < 4.78 is 11.1. The maximum Gasteiger partial charge on any atom is 0.338 e. The lowest BCUT2D eigenvalue weighted by molar-refractivity contribution is -0.132. The number of rotatable bonds is 9. The fourth-order valence-corrected chi connectivity index (χ4v) is 4.87. The highest BCUT2D eigenvalue weighted by molar-refractivity contribution is 7.10. The number of Topliss-reactive ketones (excluding diaryl/α,β-unsaturated/α-hetero) is 1. The number of anilines is 1. The fourth-order valence-electron chi connectivity index (χ4n) is 4.05. The van der Waals surface area contributed by atoms with Crippen LogP contribution in [-0.2, 0) is 14.3 Å². The van der Waals surface area contributed by atoms with Crippen molar-refractivity contribution in [1.29, 1.82) is 0 Å². The molecule has 0 aliphatic carbocycles. The molecule has 1 saturated heterocycles. The molecule has 198 valence electrons. The Hall–Kier alpha value is -3.91. The summed E-state index contributed by atoms with van der Waals surface area (Å²) in [5.41, 5.74) is 1.16. The molecule has 3 aromatic rings. The first-order valence-corrected chi connectivity index (χ1v) is 13.4. The molecule has 4 rings (SSSR count). The average Bonchev–Trinajstić information content (AvgIpc) is 3.52. The van der Waals surface area contributed by atoms with Crippen LogP contribution in [0.2, 0.25) is 0 Å². The normalized spacial score (nSPS) is 16.9. The van der Waals surface area contributed by atoms with Gasteiger partial charge >= 0.3 is 5.97 Å². The van der Waals surface area contributed by atoms with Gasteiger partial charge in [-0.25, -0.2) is 4.79 Å². The number of hydrogen-bond donors (Lipinski definition) is 1. The lowest BCUT2D eigenvalue weighted by Gasteiger charge is -2.24. The van der Waals surface area contributed by atoms with E-state index in [4.69, 9.17) is 9.47 Å². The number of thiophene rings is 1. The summed E-state index contributed by atoms with van der Waals surface area (Å²) in [6, 6.07) is 16.0. The van der Waals surface area contributed by atoms with Crippen LogP contribution < -0.4 is 9.64 Å². The molecule has 1 N–H and O–H groups in total. The van der Waals surface area contributed by atoms with Crippen LogP contribution in [-0.4, -0.2) is 36.0 Å². The van der Waals surface area contributed by atoms with Crippen molar-refractivity contribution in [3.8, 4) is 5.75 Å². The minimum atomic E-state index is -0.825. The van der Waals surface area contributed by atoms with Crippen LogP contribution in [0, 0.1) is 11.8 Å². The second-order valence-electron chi connectivity index (χ2n) is 9.96. The van der Waals surface area contributed by atoms with Gasteiger partial charge in [0.1, 0.15) is 17.6 Å². The summed E-state index contributed by atoms with van der Waals surface area (Å²) in [6.45, 7) is 8.78. The van der Waals surface area contributed by atoms with Crippen molar-refractivity contribution in [2.24, 2.45) is 11.8 Å². The summed E-state index contributed by atoms with van der Waals surface area (Å²) in [5.74, 6) is -1.18. The summed E-state index contributed by atoms with van der Waals surface area (Å²) in [6.07, 6.45) is 0. The van der Waals surface area contributed by atoms with Crippen LogP contribution >= 0.6 is 11.3 Å². The van der Waals surface area contributed by atoms with E-state index >= 15 is 0 Å². The lowest BCUT2D eigenvalue weighted by Crippen LogP contribution is -2.29. The number of esters is 1. The van der Waals surface area contributed by atoms with E-state index in [1.165, 1.54) is 16.2 Å². The van der Waals surface area contributed by atoms with Crippen molar-refractivity contribution < 1.29 is 29.0 Å². The topological polar surface area (TPSA) is 93.1 Å². The van der Waals surface area contributed by atoms with Crippen LogP contribution in [0.15, 0.2) is 71.6 Å². The third-order valence-corrected chi connectivity index (χ3v) is 6.80. The van der Waals surface area contributed by atoms with Gasteiger partial charge in [0.05, 0.1) is 24.4 Å². The molecular weight excluding hydrogens is 502 g/mol. The van der Waals surface area contributed by atoms with E-state index in [1.54, 1.807) is 48.5 Å². The number of hydrogen-bond acceptors (Lipinski definition) is 7. The van der Waals surface area contributed by atoms with E-state index in [1.807, 2.05) is 45.2 Å². The highest BCUT2D eigenvalue weighted by atomic mass is 32.1. The zero-order valence-electron chi connectivity index (χ0n) is 21.8. The molecular formula is C30H31NO6S. The molecule has 1 atom stereocenters. The maximum atomic E-state index is 13.3. The van der Waals surface area contributed by atoms with E-state index in [0.29, 0.717) is 41.7 Å². The number of carbonyl (C=O) groups is 3. The van der Waals surface area contributed by atoms with Crippen LogP contribution in [0.1, 0.15) is 54.5 Å². The van der Waals surface area contributed by atoms with E-state index in [-0.39, 0.29) is 17.3 Å². The van der Waals surface area contributed by atoms with Crippen molar-refractivity contribution in [2.45, 2.75) is 33.7 Å². The Morgan fingerprint density at radius 1 is 0.947 bits per heavy atom. The fraction of sp³-hybridized carbons (Fsp3) is 0.300. The first-order chi connectivity index (χ1) is 18.2. The number of aliphatic hydroxyl groups excluding tert-OH is 1. The van der Waals surface area contributed by atoms with Crippen molar-refractivity contribution in [1.82, 2.24) is 0 Å². The minimum absolute atomic E-state index is 0.00104. The third-order valence-electron chi connectivity index (χ3n) is 5.88. The van der Waals surface area contributed by atoms with E-state index < -0.39 is 23.7 Å². The van der Waals surface area contributed by atoms with Gasteiger partial charge in [-0.05, 0) is 59.7 Å². The van der Waals surface area contributed by atoms with Crippen molar-refractivity contribution in [3.63, 3.8) is 0 Å². The van der Waals surface area contributed by atoms with Crippen LogP contribution in [0.25, 0.3) is 5.76 Å². The van der Waals surface area contributed by atoms with E-state index in [9.17, 15) is 19.5 Å². The quantitative estimate of drug-likeness (QED) is 0.152. The molecule has 1 unspecified atom stereocenters. The van der Waals surface area contributed by atoms with Gasteiger partial charge < -0.3 is 14.6 Å². The number of nitrogens with zero attached hydrogens (tertiary/aromatic N) is 1. The Labute approximate surface area is 226 Å². The van der Waals surface area contributed by atoms with Crippen molar-refractivity contribution >= 4 is 40.4 Å². The molecule has 1 aromatic heterocycles. The predicted octanol–water partition coefficient (Wildman–Crippen LogP) is 6.22. The molecule has 1 aliphatic rings. The molecule has 7 nitrogen and oxygen atoms in total. The van der Waals surface area contributed by atoms with Gasteiger partial charge in [-0.2, -0.15) is 0 Å². The highest BCUT2D eigenvalue weighted by Crippen LogP contribution is 2.43. The Bertz CT molecular complexity index is 1340. The van der Waals surface area contributed by atoms with Gasteiger partial charge in [0, 0.05) is 16.1 Å². The summed E-state index contributed by atoms with van der Waals surface area (Å²) >= 11 is 1.38. The zero-order chi connectivity index (χ0) is 27.4. The summed E-state index contributed by atoms with van der Waals surface area (Å²) in [7, 11) is 0. The number of carbonyl (C=O) groups excluding carboxylic acids is 3. The van der Waals surface area contributed by atoms with Gasteiger partial charge in [0.15, 0.2) is 0 Å². The second-order valence-corrected chi connectivity index (χ2v) is 10.9. The van der Waals surface area contributed by atoms with Gasteiger partial charge in [0.2, 0.25) is 0 Å². The number of ether oxygens (including phenoxy) is 2. The molecule has 0 saturated carbocycles. The second kappa shape index (κ2) is 11.6. The monoisotopic (exact) mass is 533 g/mol. The first-order valence-electron chi connectivity index (χ1n) is 12.5. The van der Waals surface area contributed by atoms with Gasteiger partial charge in [0.25, 0.3) is 11.7 Å². The SMILES string of the molecule is CC(C)COC(=O)c1ccc(N2C(=O)C(=O)/C(=C(\O)c3cccc(OCC(C)C)c3)C2c2cccs2)cc1. The largest absolute Gasteiger partial charge is 0.507 e. The van der Waals surface area contributed by atoms with Crippen molar-refractivity contribution in [2.75, 3.05) is 18.1 Å². The molecule has 0 spiro atoms. The van der Waals surface area contributed by atoms with Crippen LogP contribution in [0.4, 0.5) is 5.69 Å². The first kappa shape index (κ1) is 27.1. The molecule has 0 bridgehead atoms. The Morgan fingerprint density at radius 2 is 1.66 bits per heavy atom. The summed E-state index contributed by atoms with van der Waals surface area (Å²) in [4.78, 5) is 41.1. The molecule has 38 heavy (non-hydrogen) atoms. The molecule has 1 aliphatic heterocycles. The van der Waals surface area contributed by atoms with E-state index in [0.717, 1.165) is 4.88 Å². The number of ketones is 1. The molecule has 2 heterocycles. The van der Waals surface area contributed by atoms with Crippen LogP contribution in [0.3, 0.4) is 0 Å². The number of aliphatic hydroxyl groups is 1. The van der Waals surface area contributed by atoms with E-state index in [2.05, 4.69) is 0 Å². The highest BCUT2D eigenvalue weighted by Gasteiger charge is 2.47. The summed E-state index contributed by atoms with van der Waals surface area (Å²) in [5, 5.41) is 13.2. The van der Waals surface area contributed by atoms with Gasteiger partial charge in [-0.1, -0.05) is 45.9 Å². The zero-order valence-corrected chi connectivity index (χ0v) is 22.7. The van der Waals surface area contributed by atoms with Gasteiger partial charge in [-0.15, -0.1) is 11.3 Å². The van der Waals surface area contributed by atoms with Crippen molar-refractivity contribution in [3.05, 3.63) is 87.6 Å². The molecule has 2 aromatic carbocycles. The molecule has 1 amide bonds. The number of amides is 1. The molecule has 1 fully saturated rings. The van der Waals surface area contributed by atoms with Gasteiger partial charge in [-0.3, -0.25) is 14.5 Å². The average molecular weight is 534 g/mol. The number of benzene rings is 2. The Kier molecular flexibility index (Phi) is 8.32. The lowest BCUT2D eigenvalue weighted by atomic mass is 9.99. The smallest absolute Gasteiger partial charge is 0.338 e. The Balaban J connectivity index is 1.72. The maximum absolute atomic E-state index is 13.3. The van der Waals surface area contributed by atoms with Crippen LogP contribution in [0.5, 0.6) is 5.75 Å². The standard InChI is InChI=1S/C30H31NO6S/c1-18(2)16-36-23-8-5-7-21(15-23)27(32)25-26(24-9-6-14-38-24)31(29(34)28(25)33)22-12-10-20(11-13-22)30(35)37-17-19(3)4/h5-15,18-19,26,32H,16-17H2,1-4H3/b27-25-. The predicted molar refractivity (Wildman–Crippen MR) is 147 cm³/mol.